The molecule has 7 nitrogen and oxygen atoms in total. The molecule has 0 fully saturated rings. The summed E-state index contributed by atoms with van der Waals surface area (Å²) in [4.78, 5) is 10.5. The van der Waals surface area contributed by atoms with Gasteiger partial charge in [-0.1, -0.05) is 42.0 Å². The molecule has 0 aliphatic rings. The van der Waals surface area contributed by atoms with Crippen molar-refractivity contribution in [2.45, 2.75) is 18.2 Å². The van der Waals surface area contributed by atoms with Gasteiger partial charge in [0, 0.05) is 5.56 Å². The Morgan fingerprint density at radius 3 is 2.13 bits per heavy atom. The number of hydrogen-bond acceptors (Lipinski definition) is 5. The highest BCUT2D eigenvalue weighted by atomic mass is 32.2. The standard InChI is InChI=1S/C15H14O5S.H4N2/c1-10-2-7-14(21(18,19)20)13(8-10)12-5-3-11(4-6-12)9-15(16)17;1-2/h2-8H,9H2,1H3,(H,16,17)(H,18,19,20);1-2H2. The van der Waals surface area contributed by atoms with Crippen LogP contribution in [0.4, 0.5) is 0 Å². The van der Waals surface area contributed by atoms with E-state index in [2.05, 4.69) is 11.7 Å². The van der Waals surface area contributed by atoms with E-state index in [1.54, 1.807) is 36.4 Å². The molecule has 124 valence electrons. The molecule has 6 N–H and O–H groups in total. The molecule has 0 saturated heterocycles. The highest BCUT2D eigenvalue weighted by Crippen LogP contribution is 2.28. The van der Waals surface area contributed by atoms with E-state index in [0.717, 1.165) is 5.56 Å². The fourth-order valence-corrected chi connectivity index (χ4v) is 2.77. The van der Waals surface area contributed by atoms with E-state index in [4.69, 9.17) is 5.11 Å². The molecule has 0 amide bonds. The number of hydrazine groups is 1. The zero-order valence-corrected chi connectivity index (χ0v) is 13.2. The Balaban J connectivity index is 0.00000127. The summed E-state index contributed by atoms with van der Waals surface area (Å²) in [6.07, 6.45) is -0.0980. The SMILES string of the molecule is Cc1ccc(S(=O)(=O)O)c(-c2ccc(CC(=O)O)cc2)c1.NN. The number of carboxylic acids is 1. The lowest BCUT2D eigenvalue weighted by atomic mass is 10.0. The van der Waals surface area contributed by atoms with Crippen molar-refractivity contribution in [3.63, 3.8) is 0 Å². The predicted octanol–water partition coefficient (Wildman–Crippen LogP) is 1.35. The molecule has 0 aromatic heterocycles. The van der Waals surface area contributed by atoms with E-state index in [9.17, 15) is 17.8 Å². The zero-order chi connectivity index (χ0) is 17.6. The van der Waals surface area contributed by atoms with Crippen LogP contribution in [0.5, 0.6) is 0 Å². The molecule has 0 radical (unpaired) electrons. The van der Waals surface area contributed by atoms with Gasteiger partial charge in [0.15, 0.2) is 0 Å². The minimum absolute atomic E-state index is 0.0980. The molecule has 23 heavy (non-hydrogen) atoms. The van der Waals surface area contributed by atoms with Gasteiger partial charge in [0.2, 0.25) is 0 Å². The van der Waals surface area contributed by atoms with E-state index >= 15 is 0 Å². The fraction of sp³-hybridized carbons (Fsp3) is 0.133. The van der Waals surface area contributed by atoms with Crippen LogP contribution in [0.15, 0.2) is 47.4 Å². The number of nitrogens with two attached hydrogens (primary N) is 2. The summed E-state index contributed by atoms with van der Waals surface area (Å²) in [5, 5.41) is 8.73. The van der Waals surface area contributed by atoms with Crippen LogP contribution < -0.4 is 11.7 Å². The molecule has 2 aromatic rings. The number of carbonyl (C=O) groups is 1. The van der Waals surface area contributed by atoms with Crippen LogP contribution in [0, 0.1) is 6.92 Å². The van der Waals surface area contributed by atoms with Gasteiger partial charge >= 0.3 is 5.97 Å². The van der Waals surface area contributed by atoms with Crippen LogP contribution in [0.1, 0.15) is 11.1 Å². The maximum atomic E-state index is 11.4. The van der Waals surface area contributed by atoms with Crippen LogP contribution in [-0.4, -0.2) is 24.0 Å². The van der Waals surface area contributed by atoms with Gasteiger partial charge in [-0.2, -0.15) is 8.42 Å². The second-order valence-corrected chi connectivity index (χ2v) is 6.13. The molecule has 0 unspecified atom stereocenters. The Hall–Kier alpha value is -2.26. The molecule has 2 aromatic carbocycles. The van der Waals surface area contributed by atoms with Gasteiger partial charge < -0.3 is 5.11 Å². The summed E-state index contributed by atoms with van der Waals surface area (Å²) in [5.74, 6) is 7.07. The second kappa shape index (κ2) is 7.84. The Morgan fingerprint density at radius 2 is 1.65 bits per heavy atom. The molecule has 0 aliphatic carbocycles. The number of aliphatic carboxylic acids is 1. The summed E-state index contributed by atoms with van der Waals surface area (Å²) in [6.45, 7) is 1.82. The molecule has 2 rings (SSSR count). The van der Waals surface area contributed by atoms with Crippen molar-refractivity contribution in [2.24, 2.45) is 11.7 Å². The summed E-state index contributed by atoms with van der Waals surface area (Å²) in [7, 11) is -4.32. The molecular weight excluding hydrogens is 320 g/mol. The highest BCUT2D eigenvalue weighted by molar-refractivity contribution is 7.86. The van der Waals surface area contributed by atoms with E-state index < -0.39 is 16.1 Å². The Kier molecular flexibility index (Phi) is 6.40. The zero-order valence-electron chi connectivity index (χ0n) is 12.4. The van der Waals surface area contributed by atoms with Gasteiger partial charge in [-0.15, -0.1) is 0 Å². The topological polar surface area (TPSA) is 144 Å². The number of rotatable bonds is 4. The monoisotopic (exact) mass is 338 g/mol. The maximum Gasteiger partial charge on any atom is 0.307 e. The minimum atomic E-state index is -4.32. The molecule has 0 bridgehead atoms. The third kappa shape index (κ3) is 5.15. The lowest BCUT2D eigenvalue weighted by Gasteiger charge is -2.09. The lowest BCUT2D eigenvalue weighted by Crippen LogP contribution is -2.02. The number of aryl methyl sites for hydroxylation is 1. The molecule has 8 heteroatoms. The first-order chi connectivity index (χ1) is 10.8. The van der Waals surface area contributed by atoms with Gasteiger partial charge in [-0.3, -0.25) is 21.0 Å². The fourth-order valence-electron chi connectivity index (χ4n) is 2.07. The largest absolute Gasteiger partial charge is 0.481 e. The number of hydrogen-bond donors (Lipinski definition) is 4. The van der Waals surface area contributed by atoms with Crippen molar-refractivity contribution in [3.05, 3.63) is 53.6 Å². The van der Waals surface area contributed by atoms with E-state index in [1.807, 2.05) is 6.92 Å². The Morgan fingerprint density at radius 1 is 1.09 bits per heavy atom. The van der Waals surface area contributed by atoms with Gasteiger partial charge in [0.05, 0.1) is 6.42 Å². The van der Waals surface area contributed by atoms with Crippen molar-refractivity contribution in [1.29, 1.82) is 0 Å². The van der Waals surface area contributed by atoms with Gasteiger partial charge in [-0.25, -0.2) is 0 Å². The Labute approximate surface area is 134 Å². The quantitative estimate of drug-likeness (QED) is 0.374. The van der Waals surface area contributed by atoms with Gasteiger partial charge in [-0.05, 0) is 24.1 Å². The van der Waals surface area contributed by atoms with Crippen LogP contribution in [0.2, 0.25) is 0 Å². The molecule has 0 heterocycles. The molecule has 0 aliphatic heterocycles. The highest BCUT2D eigenvalue weighted by Gasteiger charge is 2.16. The van der Waals surface area contributed by atoms with Crippen molar-refractivity contribution in [1.82, 2.24) is 0 Å². The van der Waals surface area contributed by atoms with Crippen molar-refractivity contribution in [2.75, 3.05) is 0 Å². The van der Waals surface area contributed by atoms with Crippen LogP contribution in [0.25, 0.3) is 11.1 Å². The summed E-state index contributed by atoms with van der Waals surface area (Å²) in [5.41, 5.74) is 2.46. The molecule has 0 spiro atoms. The third-order valence-corrected chi connectivity index (χ3v) is 3.95. The molecular formula is C15H18N2O5S. The van der Waals surface area contributed by atoms with Gasteiger partial charge in [0.25, 0.3) is 10.1 Å². The van der Waals surface area contributed by atoms with E-state index in [0.29, 0.717) is 16.7 Å². The first kappa shape index (κ1) is 18.8. The number of carboxylic acid groups (broad SMARTS) is 1. The summed E-state index contributed by atoms with van der Waals surface area (Å²) in [6, 6.07) is 11.1. The Bertz CT molecular complexity index is 786. The van der Waals surface area contributed by atoms with Crippen LogP contribution >= 0.6 is 0 Å². The second-order valence-electron chi connectivity index (χ2n) is 4.74. The normalized spacial score (nSPS) is 10.6. The number of benzene rings is 2. The lowest BCUT2D eigenvalue weighted by molar-refractivity contribution is -0.136. The van der Waals surface area contributed by atoms with E-state index in [-0.39, 0.29) is 11.3 Å². The summed E-state index contributed by atoms with van der Waals surface area (Å²) >= 11 is 0. The van der Waals surface area contributed by atoms with Crippen LogP contribution in [0.3, 0.4) is 0 Å². The smallest absolute Gasteiger partial charge is 0.307 e. The van der Waals surface area contributed by atoms with Gasteiger partial charge in [0.1, 0.15) is 4.90 Å². The van der Waals surface area contributed by atoms with Crippen molar-refractivity contribution in [3.8, 4) is 11.1 Å². The first-order valence-electron chi connectivity index (χ1n) is 6.50. The molecule has 0 saturated carbocycles. The summed E-state index contributed by atoms with van der Waals surface area (Å²) < 4.78 is 32.1. The average Bonchev–Trinajstić information content (AvgIpc) is 2.48. The van der Waals surface area contributed by atoms with Crippen molar-refractivity contribution < 1.29 is 22.9 Å². The minimum Gasteiger partial charge on any atom is -0.481 e. The van der Waals surface area contributed by atoms with Crippen LogP contribution in [-0.2, 0) is 21.3 Å². The average molecular weight is 338 g/mol. The van der Waals surface area contributed by atoms with E-state index in [1.165, 1.54) is 6.07 Å². The van der Waals surface area contributed by atoms with Crippen molar-refractivity contribution >= 4 is 16.1 Å². The third-order valence-electron chi connectivity index (χ3n) is 3.03. The maximum absolute atomic E-state index is 11.4. The molecule has 0 atom stereocenters. The predicted molar refractivity (Wildman–Crippen MR) is 86.1 cm³/mol. The first-order valence-corrected chi connectivity index (χ1v) is 7.94.